The second-order valence-electron chi connectivity index (χ2n) is 16.7. The van der Waals surface area contributed by atoms with Crippen molar-refractivity contribution < 1.29 is 36.6 Å². The molecule has 0 aromatic heterocycles. The molecule has 330 valence electrons. The number of benzene rings is 6. The molecule has 0 heterocycles. The van der Waals surface area contributed by atoms with Crippen LogP contribution in [0.25, 0.3) is 0 Å². The van der Waals surface area contributed by atoms with Crippen LogP contribution in [0.15, 0.2) is 143 Å². The Labute approximate surface area is 372 Å². The molecule has 12 heteroatoms. The summed E-state index contributed by atoms with van der Waals surface area (Å²) in [5.74, 6) is -1.88. The van der Waals surface area contributed by atoms with Gasteiger partial charge in [0.2, 0.25) is 0 Å². The summed E-state index contributed by atoms with van der Waals surface area (Å²) in [7, 11) is -7.43. The summed E-state index contributed by atoms with van der Waals surface area (Å²) in [5.41, 5.74) is 8.87. The van der Waals surface area contributed by atoms with Crippen LogP contribution in [-0.2, 0) is 51.1 Å². The lowest BCUT2D eigenvalue weighted by atomic mass is 9.87. The summed E-state index contributed by atoms with van der Waals surface area (Å²) in [6, 6.07) is 39.3. The maximum atomic E-state index is 13.1. The Morgan fingerprint density at radius 2 is 0.952 bits per heavy atom. The van der Waals surface area contributed by atoms with Gasteiger partial charge in [0, 0.05) is 0 Å². The standard InChI is InChI=1S/C26H29NO4S.C25H27NO4S/c1-26(2,3)22-14-16-23(17-15-22)32(30,31)27-24-13-5-4-10-20(24)11-6-8-19-9-7-12-21(18-19)25(28)29;1-17-14-18(2)24(19(3)15-17)31(29,30)26-23-13-5-4-10-21(23)11-6-8-20-9-7-12-22(16-20)25(27)28/h4-5,7,9-10,12-18,27H,6,8,11H2,1-3H3,(H,28,29);4-5,7,9-10,12-16,26H,6,8,11H2,1-3H3,(H,27,28). The van der Waals surface area contributed by atoms with Gasteiger partial charge >= 0.3 is 11.9 Å². The van der Waals surface area contributed by atoms with Crippen LogP contribution in [-0.4, -0.2) is 39.0 Å². The topological polar surface area (TPSA) is 167 Å². The van der Waals surface area contributed by atoms with E-state index >= 15 is 0 Å². The van der Waals surface area contributed by atoms with Crippen LogP contribution in [0.4, 0.5) is 11.4 Å². The van der Waals surface area contributed by atoms with Crippen molar-refractivity contribution in [1.82, 2.24) is 0 Å². The zero-order valence-electron chi connectivity index (χ0n) is 36.6. The van der Waals surface area contributed by atoms with Crippen molar-refractivity contribution in [3.63, 3.8) is 0 Å². The average molecular weight is 889 g/mol. The summed E-state index contributed by atoms with van der Waals surface area (Å²) in [6.07, 6.45) is 4.28. The van der Waals surface area contributed by atoms with E-state index in [9.17, 15) is 26.4 Å². The summed E-state index contributed by atoms with van der Waals surface area (Å²) in [6.45, 7) is 11.8. The van der Waals surface area contributed by atoms with Crippen molar-refractivity contribution in [1.29, 1.82) is 0 Å². The lowest BCUT2D eigenvalue weighted by Gasteiger charge is -2.19. The number of carboxylic acid groups (broad SMARTS) is 2. The monoisotopic (exact) mass is 888 g/mol. The van der Waals surface area contributed by atoms with Crippen LogP contribution in [0.3, 0.4) is 0 Å². The van der Waals surface area contributed by atoms with E-state index in [4.69, 9.17) is 10.2 Å². The smallest absolute Gasteiger partial charge is 0.335 e. The summed E-state index contributed by atoms with van der Waals surface area (Å²) >= 11 is 0. The minimum absolute atomic E-state index is 0.0493. The number of hydrogen-bond acceptors (Lipinski definition) is 6. The number of aryl methyl sites for hydroxylation is 7. The number of nitrogens with one attached hydrogen (secondary N) is 2. The fourth-order valence-corrected chi connectivity index (χ4v) is 10.1. The van der Waals surface area contributed by atoms with Crippen LogP contribution in [0, 0.1) is 20.8 Å². The molecule has 0 fully saturated rings. The molecule has 63 heavy (non-hydrogen) atoms. The summed E-state index contributed by atoms with van der Waals surface area (Å²) in [5, 5.41) is 18.3. The molecule has 0 amide bonds. The maximum Gasteiger partial charge on any atom is 0.335 e. The molecule has 4 N–H and O–H groups in total. The summed E-state index contributed by atoms with van der Waals surface area (Å²) < 4.78 is 57.7. The summed E-state index contributed by atoms with van der Waals surface area (Å²) in [4.78, 5) is 22.8. The first-order valence-corrected chi connectivity index (χ1v) is 23.7. The van der Waals surface area contributed by atoms with Gasteiger partial charge in [0.05, 0.1) is 32.3 Å². The number of rotatable bonds is 16. The third kappa shape index (κ3) is 13.4. The highest BCUT2D eigenvalue weighted by Gasteiger charge is 2.22. The number of para-hydroxylation sites is 2. The highest BCUT2D eigenvalue weighted by atomic mass is 32.2. The number of sulfonamides is 2. The molecule has 0 saturated heterocycles. The molecule has 6 aromatic rings. The van der Waals surface area contributed by atoms with Gasteiger partial charge in [-0.1, -0.05) is 111 Å². The van der Waals surface area contributed by atoms with Crippen LogP contribution >= 0.6 is 0 Å². The van der Waals surface area contributed by atoms with E-state index in [2.05, 4.69) is 30.2 Å². The maximum absolute atomic E-state index is 13.1. The SMILES string of the molecule is CC(C)(C)c1ccc(S(=O)(=O)Nc2ccccc2CCCc2cccc(C(=O)O)c2)cc1.Cc1cc(C)c(S(=O)(=O)Nc2ccccc2CCCc2cccc(C(=O)O)c2)c(C)c1. The van der Waals surface area contributed by atoms with Gasteiger partial charge in [-0.3, -0.25) is 9.44 Å². The van der Waals surface area contributed by atoms with Crippen LogP contribution in [0.1, 0.15) is 98.8 Å². The molecular weight excluding hydrogens is 833 g/mol. The molecule has 0 aliphatic rings. The number of aromatic carboxylic acids is 2. The minimum atomic E-state index is -3.72. The van der Waals surface area contributed by atoms with Crippen LogP contribution in [0.2, 0.25) is 0 Å². The lowest BCUT2D eigenvalue weighted by Crippen LogP contribution is -2.17. The number of carbonyl (C=O) groups is 2. The molecule has 6 aromatic carbocycles. The zero-order chi connectivity index (χ0) is 46.0. The first-order valence-electron chi connectivity index (χ1n) is 20.8. The lowest BCUT2D eigenvalue weighted by molar-refractivity contribution is 0.0686. The van der Waals surface area contributed by atoms with Crippen molar-refractivity contribution in [2.75, 3.05) is 9.44 Å². The second kappa shape index (κ2) is 20.8. The minimum Gasteiger partial charge on any atom is -0.478 e. The molecule has 10 nitrogen and oxygen atoms in total. The fourth-order valence-electron chi connectivity index (χ4n) is 7.49. The normalized spacial score (nSPS) is 11.6. The molecule has 0 unspecified atom stereocenters. The Kier molecular flexibility index (Phi) is 15.7. The van der Waals surface area contributed by atoms with E-state index < -0.39 is 32.0 Å². The largest absolute Gasteiger partial charge is 0.478 e. The van der Waals surface area contributed by atoms with Gasteiger partial charge in [0.1, 0.15) is 0 Å². The predicted molar refractivity (Wildman–Crippen MR) is 251 cm³/mol. The average Bonchev–Trinajstić information content (AvgIpc) is 3.21. The van der Waals surface area contributed by atoms with E-state index in [1.54, 1.807) is 66.7 Å². The van der Waals surface area contributed by atoms with E-state index in [-0.39, 0.29) is 21.4 Å². The third-order valence-corrected chi connectivity index (χ3v) is 13.6. The van der Waals surface area contributed by atoms with Gasteiger partial charge in [-0.2, -0.15) is 0 Å². The number of anilines is 2. The molecule has 0 atom stereocenters. The van der Waals surface area contributed by atoms with E-state index in [1.807, 2.05) is 87.5 Å². The van der Waals surface area contributed by atoms with Gasteiger partial charge in [-0.15, -0.1) is 0 Å². The molecule has 0 spiro atoms. The van der Waals surface area contributed by atoms with Gasteiger partial charge in [-0.25, -0.2) is 26.4 Å². The van der Waals surface area contributed by atoms with Crippen molar-refractivity contribution in [3.05, 3.63) is 189 Å². The van der Waals surface area contributed by atoms with Crippen molar-refractivity contribution in [3.8, 4) is 0 Å². The van der Waals surface area contributed by atoms with E-state index in [1.165, 1.54) is 0 Å². The van der Waals surface area contributed by atoms with Crippen molar-refractivity contribution in [2.24, 2.45) is 0 Å². The van der Waals surface area contributed by atoms with Gasteiger partial charge in [0.15, 0.2) is 0 Å². The molecule has 6 rings (SSSR count). The molecular formula is C51H56N2O8S2. The third-order valence-electron chi connectivity index (χ3n) is 10.6. The van der Waals surface area contributed by atoms with E-state index in [0.29, 0.717) is 42.0 Å². The number of carboxylic acids is 2. The van der Waals surface area contributed by atoms with Crippen LogP contribution < -0.4 is 9.44 Å². The molecule has 0 bridgehead atoms. The van der Waals surface area contributed by atoms with E-state index in [0.717, 1.165) is 57.3 Å². The van der Waals surface area contributed by atoms with Gasteiger partial charge in [-0.05, 0) is 152 Å². The Hall–Kier alpha value is -6.24. The first-order chi connectivity index (χ1) is 29.7. The Bertz CT molecular complexity index is 2770. The predicted octanol–water partition coefficient (Wildman–Crippen LogP) is 10.9. The Morgan fingerprint density at radius 1 is 0.524 bits per heavy atom. The fraction of sp³-hybridized carbons (Fsp3) is 0.255. The van der Waals surface area contributed by atoms with Crippen molar-refractivity contribution >= 4 is 43.4 Å². The molecule has 0 radical (unpaired) electrons. The van der Waals surface area contributed by atoms with Gasteiger partial charge < -0.3 is 10.2 Å². The second-order valence-corrected chi connectivity index (χ2v) is 20.0. The zero-order valence-corrected chi connectivity index (χ0v) is 38.2. The Morgan fingerprint density at radius 3 is 1.38 bits per heavy atom. The molecule has 0 saturated carbocycles. The molecule has 0 aliphatic heterocycles. The Balaban J connectivity index is 0.000000238. The quantitative estimate of drug-likeness (QED) is 0.0745. The van der Waals surface area contributed by atoms with Gasteiger partial charge in [0.25, 0.3) is 20.0 Å². The number of hydrogen-bond donors (Lipinski definition) is 4. The molecule has 0 aliphatic carbocycles. The van der Waals surface area contributed by atoms with Crippen LogP contribution in [0.5, 0.6) is 0 Å². The van der Waals surface area contributed by atoms with Crippen molar-refractivity contribution in [2.45, 2.75) is 95.3 Å². The highest BCUT2D eigenvalue weighted by Crippen LogP contribution is 2.28. The highest BCUT2D eigenvalue weighted by molar-refractivity contribution is 7.93. The first kappa shape index (κ1) is 47.8.